The van der Waals surface area contributed by atoms with E-state index in [0.717, 1.165) is 0 Å². The standard InChI is InChI=1S/C12H18N2O3.ClH/c1-4-11(13)12(15)14-8-5-9(16-2)7-10(6-8)17-3;/h5-7,11H,4,13H2,1-3H3,(H,14,15);1H/t11-;/m0./s1. The van der Waals surface area contributed by atoms with Gasteiger partial charge in [-0.15, -0.1) is 12.4 Å². The molecule has 1 atom stereocenters. The Kier molecular flexibility index (Phi) is 7.16. The summed E-state index contributed by atoms with van der Waals surface area (Å²) in [6.45, 7) is 1.86. The average Bonchev–Trinajstić information content (AvgIpc) is 2.36. The molecule has 0 aromatic heterocycles. The number of ether oxygens (including phenoxy) is 2. The number of halogens is 1. The summed E-state index contributed by atoms with van der Waals surface area (Å²) in [5.41, 5.74) is 6.24. The molecule has 5 nitrogen and oxygen atoms in total. The van der Waals surface area contributed by atoms with Crippen molar-refractivity contribution in [3.8, 4) is 11.5 Å². The third-order valence-corrected chi connectivity index (χ3v) is 2.40. The van der Waals surface area contributed by atoms with Crippen molar-refractivity contribution in [2.75, 3.05) is 19.5 Å². The van der Waals surface area contributed by atoms with Gasteiger partial charge < -0.3 is 20.5 Å². The first-order valence-electron chi connectivity index (χ1n) is 5.40. The zero-order valence-corrected chi connectivity index (χ0v) is 11.5. The van der Waals surface area contributed by atoms with Gasteiger partial charge in [-0.3, -0.25) is 4.79 Å². The van der Waals surface area contributed by atoms with E-state index in [1.807, 2.05) is 6.92 Å². The zero-order chi connectivity index (χ0) is 12.8. The van der Waals surface area contributed by atoms with Gasteiger partial charge in [0.05, 0.1) is 20.3 Å². The van der Waals surface area contributed by atoms with Crippen LogP contribution < -0.4 is 20.5 Å². The van der Waals surface area contributed by atoms with Crippen LogP contribution in [0.1, 0.15) is 13.3 Å². The second-order valence-corrected chi connectivity index (χ2v) is 3.61. The number of methoxy groups -OCH3 is 2. The van der Waals surface area contributed by atoms with Crippen LogP contribution in [-0.4, -0.2) is 26.2 Å². The summed E-state index contributed by atoms with van der Waals surface area (Å²) in [6.07, 6.45) is 0.590. The Morgan fingerprint density at radius 2 is 1.78 bits per heavy atom. The summed E-state index contributed by atoms with van der Waals surface area (Å²) < 4.78 is 10.2. The maximum atomic E-state index is 11.6. The molecule has 0 bridgehead atoms. The van der Waals surface area contributed by atoms with E-state index in [0.29, 0.717) is 23.6 Å². The molecule has 0 saturated heterocycles. The van der Waals surface area contributed by atoms with Crippen LogP contribution in [0.5, 0.6) is 11.5 Å². The number of amides is 1. The Morgan fingerprint density at radius 3 is 2.17 bits per heavy atom. The van der Waals surface area contributed by atoms with Crippen molar-refractivity contribution >= 4 is 24.0 Å². The number of carbonyl (C=O) groups excluding carboxylic acids is 1. The van der Waals surface area contributed by atoms with E-state index in [1.54, 1.807) is 32.4 Å². The highest BCUT2D eigenvalue weighted by molar-refractivity contribution is 5.95. The van der Waals surface area contributed by atoms with Crippen LogP contribution in [0.25, 0.3) is 0 Å². The third-order valence-electron chi connectivity index (χ3n) is 2.40. The molecule has 0 aliphatic heterocycles. The second-order valence-electron chi connectivity index (χ2n) is 3.61. The maximum absolute atomic E-state index is 11.6. The van der Waals surface area contributed by atoms with Crippen molar-refractivity contribution < 1.29 is 14.3 Å². The fraction of sp³-hybridized carbons (Fsp3) is 0.417. The van der Waals surface area contributed by atoms with Gasteiger partial charge in [0.2, 0.25) is 5.91 Å². The van der Waals surface area contributed by atoms with Crippen molar-refractivity contribution in [2.24, 2.45) is 5.73 Å². The molecule has 1 aromatic carbocycles. The smallest absolute Gasteiger partial charge is 0.241 e. The number of hydrogen-bond acceptors (Lipinski definition) is 4. The third kappa shape index (κ3) is 4.43. The van der Waals surface area contributed by atoms with Gasteiger partial charge in [0, 0.05) is 23.9 Å². The minimum atomic E-state index is -0.507. The normalized spacial score (nSPS) is 11.1. The summed E-state index contributed by atoms with van der Waals surface area (Å²) in [6, 6.07) is 4.65. The Labute approximate surface area is 113 Å². The molecule has 1 rings (SSSR count). The van der Waals surface area contributed by atoms with Gasteiger partial charge >= 0.3 is 0 Å². The molecule has 1 aromatic rings. The fourth-order valence-electron chi connectivity index (χ4n) is 1.30. The van der Waals surface area contributed by atoms with Crippen LogP contribution in [0.4, 0.5) is 5.69 Å². The molecule has 6 heteroatoms. The van der Waals surface area contributed by atoms with Crippen molar-refractivity contribution in [1.82, 2.24) is 0 Å². The number of nitrogens with one attached hydrogen (secondary N) is 1. The molecule has 0 unspecified atom stereocenters. The number of rotatable bonds is 5. The van der Waals surface area contributed by atoms with Gasteiger partial charge in [-0.1, -0.05) is 6.92 Å². The summed E-state index contributed by atoms with van der Waals surface area (Å²) in [7, 11) is 3.11. The minimum Gasteiger partial charge on any atom is -0.497 e. The number of nitrogens with two attached hydrogens (primary N) is 1. The van der Waals surface area contributed by atoms with E-state index in [9.17, 15) is 4.79 Å². The lowest BCUT2D eigenvalue weighted by Crippen LogP contribution is -2.34. The topological polar surface area (TPSA) is 73.6 Å². The van der Waals surface area contributed by atoms with Gasteiger partial charge in [-0.25, -0.2) is 0 Å². The molecule has 18 heavy (non-hydrogen) atoms. The largest absolute Gasteiger partial charge is 0.497 e. The zero-order valence-electron chi connectivity index (χ0n) is 10.7. The number of hydrogen-bond donors (Lipinski definition) is 2. The molecule has 0 aliphatic carbocycles. The van der Waals surface area contributed by atoms with Crippen molar-refractivity contribution in [2.45, 2.75) is 19.4 Å². The Bertz CT molecular complexity index is 377. The monoisotopic (exact) mass is 274 g/mol. The lowest BCUT2D eigenvalue weighted by molar-refractivity contribution is -0.117. The highest BCUT2D eigenvalue weighted by atomic mass is 35.5. The molecule has 3 N–H and O–H groups in total. The summed E-state index contributed by atoms with van der Waals surface area (Å²) >= 11 is 0. The average molecular weight is 275 g/mol. The van der Waals surface area contributed by atoms with E-state index in [1.165, 1.54) is 0 Å². The Morgan fingerprint density at radius 1 is 1.28 bits per heavy atom. The van der Waals surface area contributed by atoms with Gasteiger partial charge in [0.1, 0.15) is 11.5 Å². The first-order valence-corrected chi connectivity index (χ1v) is 5.40. The van der Waals surface area contributed by atoms with Gasteiger partial charge in [-0.05, 0) is 6.42 Å². The maximum Gasteiger partial charge on any atom is 0.241 e. The van der Waals surface area contributed by atoms with Crippen molar-refractivity contribution in [3.05, 3.63) is 18.2 Å². The Hall–Kier alpha value is -1.46. The predicted molar refractivity (Wildman–Crippen MR) is 73.7 cm³/mol. The molecule has 102 valence electrons. The summed E-state index contributed by atoms with van der Waals surface area (Å²) in [5.74, 6) is 1.01. The van der Waals surface area contributed by atoms with Gasteiger partial charge in [0.15, 0.2) is 0 Å². The van der Waals surface area contributed by atoms with E-state index in [2.05, 4.69) is 5.32 Å². The molecule has 0 fully saturated rings. The molecule has 1 amide bonds. The first kappa shape index (κ1) is 16.5. The van der Waals surface area contributed by atoms with Crippen molar-refractivity contribution in [3.63, 3.8) is 0 Å². The predicted octanol–water partition coefficient (Wildman–Crippen LogP) is 1.80. The van der Waals surface area contributed by atoms with Crippen LogP contribution in [0.3, 0.4) is 0 Å². The molecular formula is C12H19ClN2O3. The fourth-order valence-corrected chi connectivity index (χ4v) is 1.30. The van der Waals surface area contributed by atoms with Crippen LogP contribution in [0.15, 0.2) is 18.2 Å². The molecule has 0 heterocycles. The molecule has 0 saturated carbocycles. The summed E-state index contributed by atoms with van der Waals surface area (Å²) in [5, 5.41) is 2.72. The number of benzene rings is 1. The Balaban J connectivity index is 0.00000289. The second kappa shape index (κ2) is 7.79. The van der Waals surface area contributed by atoms with Crippen LogP contribution in [-0.2, 0) is 4.79 Å². The SMILES string of the molecule is CC[C@H](N)C(=O)Nc1cc(OC)cc(OC)c1.Cl. The first-order chi connectivity index (χ1) is 8.10. The van der Waals surface area contributed by atoms with Crippen LogP contribution >= 0.6 is 12.4 Å². The minimum absolute atomic E-state index is 0. The number of carbonyl (C=O) groups is 1. The quantitative estimate of drug-likeness (QED) is 0.859. The van der Waals surface area contributed by atoms with Gasteiger partial charge in [-0.2, -0.15) is 0 Å². The molecular weight excluding hydrogens is 256 g/mol. The highest BCUT2D eigenvalue weighted by Gasteiger charge is 2.12. The van der Waals surface area contributed by atoms with Gasteiger partial charge in [0.25, 0.3) is 0 Å². The highest BCUT2D eigenvalue weighted by Crippen LogP contribution is 2.25. The molecule has 0 aliphatic rings. The number of anilines is 1. The van der Waals surface area contributed by atoms with E-state index < -0.39 is 6.04 Å². The molecule has 0 radical (unpaired) electrons. The van der Waals surface area contributed by atoms with E-state index in [4.69, 9.17) is 15.2 Å². The van der Waals surface area contributed by atoms with E-state index in [-0.39, 0.29) is 18.3 Å². The lowest BCUT2D eigenvalue weighted by Gasteiger charge is -2.12. The summed E-state index contributed by atoms with van der Waals surface area (Å²) in [4.78, 5) is 11.6. The lowest BCUT2D eigenvalue weighted by atomic mass is 10.2. The van der Waals surface area contributed by atoms with Crippen LogP contribution in [0, 0.1) is 0 Å². The molecule has 0 spiro atoms. The van der Waals surface area contributed by atoms with Crippen LogP contribution in [0.2, 0.25) is 0 Å². The van der Waals surface area contributed by atoms with Crippen molar-refractivity contribution in [1.29, 1.82) is 0 Å². The van der Waals surface area contributed by atoms with E-state index >= 15 is 0 Å².